The first-order valence-corrected chi connectivity index (χ1v) is 6.53. The molecule has 0 saturated heterocycles. The lowest BCUT2D eigenvalue weighted by molar-refractivity contribution is 0.0886. The monoisotopic (exact) mass is 245 g/mol. The van der Waals surface area contributed by atoms with Crippen molar-refractivity contribution in [2.45, 2.75) is 33.8 Å². The van der Waals surface area contributed by atoms with Crippen molar-refractivity contribution in [1.82, 2.24) is 4.98 Å². The zero-order valence-electron chi connectivity index (χ0n) is 11.1. The average Bonchev–Trinajstić information content (AvgIpc) is 2.86. The average molecular weight is 245 g/mol. The summed E-state index contributed by atoms with van der Waals surface area (Å²) in [5.41, 5.74) is 3.90. The SMILES string of the molecule is C[C@@H]1C(=O)c2[nH]cc(CO)c2C2=CC(C)(C)C[C@@H]21. The van der Waals surface area contributed by atoms with Crippen LogP contribution in [0.15, 0.2) is 12.3 Å². The van der Waals surface area contributed by atoms with E-state index in [0.717, 1.165) is 17.5 Å². The molecule has 2 atom stereocenters. The minimum Gasteiger partial charge on any atom is -0.392 e. The molecule has 0 saturated carbocycles. The summed E-state index contributed by atoms with van der Waals surface area (Å²) in [5, 5.41) is 9.43. The Hall–Kier alpha value is -1.35. The summed E-state index contributed by atoms with van der Waals surface area (Å²) in [6.07, 6.45) is 5.07. The Kier molecular flexibility index (Phi) is 2.33. The van der Waals surface area contributed by atoms with Gasteiger partial charge in [0, 0.05) is 23.2 Å². The number of ketones is 1. The number of aromatic amines is 1. The van der Waals surface area contributed by atoms with Gasteiger partial charge in [-0.25, -0.2) is 0 Å². The Bertz CT molecular complexity index is 551. The quantitative estimate of drug-likeness (QED) is 0.799. The van der Waals surface area contributed by atoms with E-state index in [9.17, 15) is 9.90 Å². The van der Waals surface area contributed by atoms with Crippen molar-refractivity contribution in [1.29, 1.82) is 0 Å². The van der Waals surface area contributed by atoms with Gasteiger partial charge in [0.25, 0.3) is 0 Å². The van der Waals surface area contributed by atoms with Gasteiger partial charge in [0.05, 0.1) is 12.3 Å². The van der Waals surface area contributed by atoms with Crippen LogP contribution >= 0.6 is 0 Å². The van der Waals surface area contributed by atoms with E-state index in [1.807, 2.05) is 6.92 Å². The van der Waals surface area contributed by atoms with Crippen LogP contribution in [-0.2, 0) is 6.61 Å². The number of aliphatic hydroxyl groups excluding tert-OH is 1. The number of nitrogens with one attached hydrogen (secondary N) is 1. The molecule has 3 nitrogen and oxygen atoms in total. The smallest absolute Gasteiger partial charge is 0.183 e. The van der Waals surface area contributed by atoms with Gasteiger partial charge in [-0.3, -0.25) is 4.79 Å². The molecule has 0 bridgehead atoms. The van der Waals surface area contributed by atoms with Gasteiger partial charge in [-0.1, -0.05) is 26.8 Å². The highest BCUT2D eigenvalue weighted by Gasteiger charge is 2.44. The molecule has 0 radical (unpaired) electrons. The van der Waals surface area contributed by atoms with Crippen molar-refractivity contribution in [3.05, 3.63) is 29.1 Å². The maximum Gasteiger partial charge on any atom is 0.183 e. The number of aromatic nitrogens is 1. The second kappa shape index (κ2) is 3.58. The fourth-order valence-electron chi connectivity index (χ4n) is 3.49. The number of fused-ring (bicyclic) bond motifs is 3. The van der Waals surface area contributed by atoms with Gasteiger partial charge in [0.1, 0.15) is 0 Å². The van der Waals surface area contributed by atoms with Gasteiger partial charge >= 0.3 is 0 Å². The fraction of sp³-hybridized carbons (Fsp3) is 0.533. The van der Waals surface area contributed by atoms with Crippen molar-refractivity contribution in [2.24, 2.45) is 17.3 Å². The van der Waals surface area contributed by atoms with Crippen LogP contribution in [0.3, 0.4) is 0 Å². The molecule has 3 rings (SSSR count). The van der Waals surface area contributed by atoms with E-state index in [2.05, 4.69) is 24.9 Å². The highest BCUT2D eigenvalue weighted by molar-refractivity contribution is 6.05. The van der Waals surface area contributed by atoms with E-state index >= 15 is 0 Å². The Morgan fingerprint density at radius 2 is 2.22 bits per heavy atom. The molecule has 0 spiro atoms. The molecular formula is C15H19NO2. The summed E-state index contributed by atoms with van der Waals surface area (Å²) in [5.74, 6) is 0.529. The first-order chi connectivity index (χ1) is 8.44. The zero-order valence-corrected chi connectivity index (χ0v) is 11.1. The van der Waals surface area contributed by atoms with Gasteiger partial charge in [-0.2, -0.15) is 0 Å². The van der Waals surface area contributed by atoms with Gasteiger partial charge in [-0.05, 0) is 23.3 Å². The largest absolute Gasteiger partial charge is 0.392 e. The number of H-pyrrole nitrogens is 1. The number of carbonyl (C=O) groups excluding carboxylic acids is 1. The number of Topliss-reactive ketones (excluding diaryl/α,β-unsaturated/α-hetero) is 1. The number of carbonyl (C=O) groups is 1. The van der Waals surface area contributed by atoms with E-state index in [1.165, 1.54) is 5.57 Å². The topological polar surface area (TPSA) is 53.1 Å². The highest BCUT2D eigenvalue weighted by atomic mass is 16.3. The maximum atomic E-state index is 12.4. The molecule has 96 valence electrons. The van der Waals surface area contributed by atoms with Crippen molar-refractivity contribution < 1.29 is 9.90 Å². The second-order valence-electron chi connectivity index (χ2n) is 6.27. The Morgan fingerprint density at radius 3 is 2.89 bits per heavy atom. The summed E-state index contributed by atoms with van der Waals surface area (Å²) in [6.45, 7) is 6.42. The number of hydrogen-bond acceptors (Lipinski definition) is 2. The van der Waals surface area contributed by atoms with E-state index in [-0.39, 0.29) is 23.7 Å². The Balaban J connectivity index is 2.23. The third-order valence-corrected chi connectivity index (χ3v) is 4.38. The van der Waals surface area contributed by atoms with Crippen LogP contribution < -0.4 is 0 Å². The number of rotatable bonds is 1. The summed E-state index contributed by atoms with van der Waals surface area (Å²) in [4.78, 5) is 15.4. The van der Waals surface area contributed by atoms with E-state index < -0.39 is 0 Å². The third kappa shape index (κ3) is 1.43. The second-order valence-corrected chi connectivity index (χ2v) is 6.27. The van der Waals surface area contributed by atoms with Crippen LogP contribution in [-0.4, -0.2) is 15.9 Å². The molecule has 1 aromatic rings. The van der Waals surface area contributed by atoms with Crippen LogP contribution in [0, 0.1) is 17.3 Å². The highest BCUT2D eigenvalue weighted by Crippen LogP contribution is 2.52. The molecule has 0 fully saturated rings. The first kappa shape index (κ1) is 11.7. The van der Waals surface area contributed by atoms with Gasteiger partial charge in [-0.15, -0.1) is 0 Å². The molecule has 3 heteroatoms. The van der Waals surface area contributed by atoms with E-state index in [4.69, 9.17) is 0 Å². The van der Waals surface area contributed by atoms with Crippen LogP contribution in [0.1, 0.15) is 48.8 Å². The lowest BCUT2D eigenvalue weighted by atomic mass is 9.74. The number of hydrogen-bond donors (Lipinski definition) is 2. The van der Waals surface area contributed by atoms with Gasteiger partial charge in [0.15, 0.2) is 5.78 Å². The molecule has 0 aromatic carbocycles. The molecule has 0 unspecified atom stereocenters. The molecule has 2 aliphatic rings. The van der Waals surface area contributed by atoms with Gasteiger partial charge in [0.2, 0.25) is 0 Å². The molecule has 2 aliphatic carbocycles. The maximum absolute atomic E-state index is 12.4. The van der Waals surface area contributed by atoms with Crippen LogP contribution in [0.2, 0.25) is 0 Å². The predicted octanol–water partition coefficient (Wildman–Crippen LogP) is 2.77. The van der Waals surface area contributed by atoms with Crippen molar-refractivity contribution >= 4 is 11.4 Å². The standard InChI is InChI=1S/C15H19NO2/c1-8-10-4-15(2,3)5-11(10)12-9(7-17)6-16-13(12)14(8)18/h5-6,8,10,16-17H,4,7H2,1-3H3/t8-,10+/m0/s1. The lowest BCUT2D eigenvalue weighted by Crippen LogP contribution is -2.28. The summed E-state index contributed by atoms with van der Waals surface area (Å²) < 4.78 is 0. The lowest BCUT2D eigenvalue weighted by Gasteiger charge is -2.28. The zero-order chi connectivity index (χ0) is 13.1. The number of allylic oxidation sites excluding steroid dienone is 2. The molecule has 2 N–H and O–H groups in total. The molecule has 18 heavy (non-hydrogen) atoms. The van der Waals surface area contributed by atoms with Crippen LogP contribution in [0.4, 0.5) is 0 Å². The van der Waals surface area contributed by atoms with Crippen LogP contribution in [0.25, 0.3) is 5.57 Å². The summed E-state index contributed by atoms with van der Waals surface area (Å²) in [6, 6.07) is 0. The molecule has 1 heterocycles. The molecular weight excluding hydrogens is 226 g/mol. The first-order valence-electron chi connectivity index (χ1n) is 6.53. The minimum absolute atomic E-state index is 0.0159. The third-order valence-electron chi connectivity index (χ3n) is 4.38. The summed E-state index contributed by atoms with van der Waals surface area (Å²) in [7, 11) is 0. The van der Waals surface area contributed by atoms with Crippen molar-refractivity contribution in [3.63, 3.8) is 0 Å². The van der Waals surface area contributed by atoms with Gasteiger partial charge < -0.3 is 10.1 Å². The van der Waals surface area contributed by atoms with Crippen molar-refractivity contribution in [2.75, 3.05) is 0 Å². The Labute approximate surface area is 107 Å². The fourth-order valence-corrected chi connectivity index (χ4v) is 3.49. The normalized spacial score (nSPS) is 28.9. The predicted molar refractivity (Wildman–Crippen MR) is 70.1 cm³/mol. The van der Waals surface area contributed by atoms with Crippen LogP contribution in [0.5, 0.6) is 0 Å². The Morgan fingerprint density at radius 1 is 1.50 bits per heavy atom. The van der Waals surface area contributed by atoms with E-state index in [0.29, 0.717) is 11.6 Å². The molecule has 0 amide bonds. The van der Waals surface area contributed by atoms with Crippen molar-refractivity contribution in [3.8, 4) is 0 Å². The molecule has 0 aliphatic heterocycles. The summed E-state index contributed by atoms with van der Waals surface area (Å²) >= 11 is 0. The minimum atomic E-state index is -0.0159. The number of aliphatic hydroxyl groups is 1. The van der Waals surface area contributed by atoms with E-state index in [1.54, 1.807) is 6.20 Å². The molecule has 1 aromatic heterocycles.